The highest BCUT2D eigenvalue weighted by molar-refractivity contribution is 5.92. The number of amides is 1. The summed E-state index contributed by atoms with van der Waals surface area (Å²) in [5.74, 6) is 1.45. The number of nitrogens with one attached hydrogen (secondary N) is 1. The summed E-state index contributed by atoms with van der Waals surface area (Å²) in [7, 11) is 0. The first-order chi connectivity index (χ1) is 7.16. The molecule has 0 fully saturated rings. The summed E-state index contributed by atoms with van der Waals surface area (Å²) >= 11 is 0. The Morgan fingerprint density at radius 2 is 1.80 bits per heavy atom. The zero-order chi connectivity index (χ0) is 11.4. The van der Waals surface area contributed by atoms with E-state index in [1.807, 2.05) is 27.7 Å². The maximum absolute atomic E-state index is 11.1. The summed E-state index contributed by atoms with van der Waals surface area (Å²) in [4.78, 5) is 19.5. The zero-order valence-corrected chi connectivity index (χ0v) is 9.72. The van der Waals surface area contributed by atoms with E-state index in [2.05, 4.69) is 15.3 Å². The standard InChI is InChI=1S/C9H11N3O.C2H6/c1-5-7-3-4-8(13)12-9(7)11-6(2)10-5;1-2/h3-4H2,1-2H3,(H,10,11,12,13);1-2H3. The van der Waals surface area contributed by atoms with Crippen LogP contribution in [0.25, 0.3) is 0 Å². The predicted octanol–water partition coefficient (Wildman–Crippen LogP) is 2.00. The van der Waals surface area contributed by atoms with Gasteiger partial charge in [-0.15, -0.1) is 0 Å². The van der Waals surface area contributed by atoms with Crippen molar-refractivity contribution in [2.45, 2.75) is 40.5 Å². The van der Waals surface area contributed by atoms with Gasteiger partial charge in [-0.05, 0) is 20.3 Å². The van der Waals surface area contributed by atoms with Gasteiger partial charge in [-0.2, -0.15) is 0 Å². The minimum absolute atomic E-state index is 0.0463. The van der Waals surface area contributed by atoms with Crippen LogP contribution in [0.1, 0.15) is 37.4 Å². The van der Waals surface area contributed by atoms with E-state index in [0.717, 1.165) is 17.7 Å². The highest BCUT2D eigenvalue weighted by Gasteiger charge is 2.18. The SMILES string of the molecule is CC.Cc1nc(C)c2c(n1)NC(=O)CC2. The van der Waals surface area contributed by atoms with Crippen LogP contribution in [0.2, 0.25) is 0 Å². The fraction of sp³-hybridized carbons (Fsp3) is 0.545. The molecule has 15 heavy (non-hydrogen) atoms. The normalized spacial score (nSPS) is 13.5. The number of fused-ring (bicyclic) bond motifs is 1. The van der Waals surface area contributed by atoms with Crippen LogP contribution in [-0.2, 0) is 11.2 Å². The van der Waals surface area contributed by atoms with Crippen molar-refractivity contribution in [3.05, 3.63) is 17.1 Å². The topological polar surface area (TPSA) is 54.9 Å². The monoisotopic (exact) mass is 207 g/mol. The Hall–Kier alpha value is -1.45. The molecule has 4 nitrogen and oxygen atoms in total. The van der Waals surface area contributed by atoms with E-state index in [1.165, 1.54) is 0 Å². The molecule has 0 spiro atoms. The lowest BCUT2D eigenvalue weighted by Crippen LogP contribution is -2.22. The second kappa shape index (κ2) is 4.87. The number of anilines is 1. The molecule has 0 unspecified atom stereocenters. The van der Waals surface area contributed by atoms with Crippen molar-refractivity contribution in [2.75, 3.05) is 5.32 Å². The molecule has 0 atom stereocenters. The molecule has 2 rings (SSSR count). The van der Waals surface area contributed by atoms with E-state index in [9.17, 15) is 4.79 Å². The van der Waals surface area contributed by atoms with Gasteiger partial charge >= 0.3 is 0 Å². The van der Waals surface area contributed by atoms with Gasteiger partial charge in [-0.1, -0.05) is 13.8 Å². The molecule has 2 heterocycles. The fourth-order valence-electron chi connectivity index (χ4n) is 1.57. The molecule has 82 valence electrons. The van der Waals surface area contributed by atoms with Gasteiger partial charge in [0.15, 0.2) is 0 Å². The van der Waals surface area contributed by atoms with Crippen LogP contribution in [0.4, 0.5) is 5.82 Å². The van der Waals surface area contributed by atoms with Crippen LogP contribution >= 0.6 is 0 Å². The fourth-order valence-corrected chi connectivity index (χ4v) is 1.57. The van der Waals surface area contributed by atoms with Crippen LogP contribution in [0.5, 0.6) is 0 Å². The highest BCUT2D eigenvalue weighted by atomic mass is 16.1. The molecule has 0 aromatic carbocycles. The van der Waals surface area contributed by atoms with E-state index in [0.29, 0.717) is 18.1 Å². The average Bonchev–Trinajstić information content (AvgIpc) is 2.19. The Labute approximate surface area is 90.1 Å². The highest BCUT2D eigenvalue weighted by Crippen LogP contribution is 2.22. The molecule has 4 heteroatoms. The summed E-state index contributed by atoms with van der Waals surface area (Å²) in [6.45, 7) is 7.78. The molecule has 1 amide bonds. The largest absolute Gasteiger partial charge is 0.310 e. The quantitative estimate of drug-likeness (QED) is 0.708. The van der Waals surface area contributed by atoms with E-state index in [4.69, 9.17) is 0 Å². The summed E-state index contributed by atoms with van der Waals surface area (Å²) < 4.78 is 0. The first-order valence-electron chi connectivity index (χ1n) is 5.31. The van der Waals surface area contributed by atoms with Gasteiger partial charge in [-0.3, -0.25) is 4.79 Å². The van der Waals surface area contributed by atoms with Gasteiger partial charge in [-0.25, -0.2) is 9.97 Å². The summed E-state index contributed by atoms with van der Waals surface area (Å²) in [6.07, 6.45) is 1.30. The Morgan fingerprint density at radius 1 is 1.13 bits per heavy atom. The van der Waals surface area contributed by atoms with Crippen molar-refractivity contribution >= 4 is 11.7 Å². The van der Waals surface area contributed by atoms with Crippen molar-refractivity contribution in [3.8, 4) is 0 Å². The number of carbonyl (C=O) groups excluding carboxylic acids is 1. The van der Waals surface area contributed by atoms with Crippen LogP contribution in [0.15, 0.2) is 0 Å². The van der Waals surface area contributed by atoms with Gasteiger partial charge in [0.05, 0.1) is 0 Å². The maximum Gasteiger partial charge on any atom is 0.225 e. The van der Waals surface area contributed by atoms with Crippen molar-refractivity contribution in [1.29, 1.82) is 0 Å². The van der Waals surface area contributed by atoms with E-state index in [-0.39, 0.29) is 5.91 Å². The lowest BCUT2D eigenvalue weighted by atomic mass is 10.1. The average molecular weight is 207 g/mol. The van der Waals surface area contributed by atoms with E-state index in [1.54, 1.807) is 0 Å². The Kier molecular flexibility index (Phi) is 3.77. The third-order valence-electron chi connectivity index (χ3n) is 2.19. The smallest absolute Gasteiger partial charge is 0.225 e. The predicted molar refractivity (Wildman–Crippen MR) is 59.8 cm³/mol. The van der Waals surface area contributed by atoms with Gasteiger partial charge in [0.1, 0.15) is 11.6 Å². The number of aryl methyl sites for hydroxylation is 2. The van der Waals surface area contributed by atoms with Gasteiger partial charge in [0, 0.05) is 17.7 Å². The van der Waals surface area contributed by atoms with Gasteiger partial charge < -0.3 is 5.32 Å². The first-order valence-corrected chi connectivity index (χ1v) is 5.31. The van der Waals surface area contributed by atoms with Crippen LogP contribution in [0, 0.1) is 13.8 Å². The second-order valence-corrected chi connectivity index (χ2v) is 3.23. The summed E-state index contributed by atoms with van der Waals surface area (Å²) in [5, 5.41) is 2.75. The van der Waals surface area contributed by atoms with Crippen molar-refractivity contribution in [2.24, 2.45) is 0 Å². The molecule has 1 aromatic heterocycles. The number of nitrogens with zero attached hydrogens (tertiary/aromatic N) is 2. The molecule has 0 saturated carbocycles. The molecular weight excluding hydrogens is 190 g/mol. The molecule has 1 aromatic rings. The van der Waals surface area contributed by atoms with Gasteiger partial charge in [0.2, 0.25) is 5.91 Å². The number of carbonyl (C=O) groups is 1. The number of rotatable bonds is 0. The molecule has 0 radical (unpaired) electrons. The molecule has 1 N–H and O–H groups in total. The minimum atomic E-state index is 0.0463. The molecule has 0 aliphatic carbocycles. The van der Waals surface area contributed by atoms with Crippen molar-refractivity contribution in [3.63, 3.8) is 0 Å². The van der Waals surface area contributed by atoms with Crippen molar-refractivity contribution in [1.82, 2.24) is 9.97 Å². The summed E-state index contributed by atoms with van der Waals surface area (Å²) in [6, 6.07) is 0. The van der Waals surface area contributed by atoms with Crippen LogP contribution in [-0.4, -0.2) is 15.9 Å². The molecule has 1 aliphatic rings. The number of hydrogen-bond donors (Lipinski definition) is 1. The molecule has 0 bridgehead atoms. The Bertz CT molecular complexity index is 374. The lowest BCUT2D eigenvalue weighted by Gasteiger charge is -2.17. The lowest BCUT2D eigenvalue weighted by molar-refractivity contribution is -0.116. The molecule has 0 saturated heterocycles. The minimum Gasteiger partial charge on any atom is -0.310 e. The number of hydrogen-bond acceptors (Lipinski definition) is 3. The third-order valence-corrected chi connectivity index (χ3v) is 2.19. The Balaban J connectivity index is 0.000000531. The van der Waals surface area contributed by atoms with E-state index >= 15 is 0 Å². The van der Waals surface area contributed by atoms with Crippen molar-refractivity contribution < 1.29 is 4.79 Å². The molecular formula is C11H17N3O. The van der Waals surface area contributed by atoms with Gasteiger partial charge in [0.25, 0.3) is 0 Å². The second-order valence-electron chi connectivity index (χ2n) is 3.23. The molecule has 1 aliphatic heterocycles. The van der Waals surface area contributed by atoms with Crippen LogP contribution < -0.4 is 5.32 Å². The first kappa shape index (κ1) is 11.6. The zero-order valence-electron chi connectivity index (χ0n) is 9.72. The maximum atomic E-state index is 11.1. The number of aromatic nitrogens is 2. The van der Waals surface area contributed by atoms with Crippen LogP contribution in [0.3, 0.4) is 0 Å². The Morgan fingerprint density at radius 3 is 2.47 bits per heavy atom. The van der Waals surface area contributed by atoms with E-state index < -0.39 is 0 Å². The third kappa shape index (κ3) is 2.52. The summed E-state index contributed by atoms with van der Waals surface area (Å²) in [5.41, 5.74) is 2.05.